The van der Waals surface area contributed by atoms with Crippen LogP contribution in [0.25, 0.3) is 0 Å². The van der Waals surface area contributed by atoms with Crippen LogP contribution in [0.5, 0.6) is 0 Å². The van der Waals surface area contributed by atoms with Crippen LogP contribution in [0.1, 0.15) is 0 Å². The first-order chi connectivity index (χ1) is 4.83. The molecule has 0 fully saturated rings. The van der Waals surface area contributed by atoms with Crippen LogP contribution in [-0.4, -0.2) is 22.8 Å². The molecule has 0 saturated heterocycles. The summed E-state index contributed by atoms with van der Waals surface area (Å²) in [6, 6.07) is 0. The number of nitrogens with one attached hydrogen (secondary N) is 1. The van der Waals surface area contributed by atoms with Gasteiger partial charge in [0, 0.05) is 11.5 Å². The molecule has 1 amide bonds. The highest BCUT2D eigenvalue weighted by molar-refractivity contribution is 7.10. The molecule has 5 nitrogen and oxygen atoms in total. The van der Waals surface area contributed by atoms with Gasteiger partial charge in [0.05, 0.1) is 13.3 Å². The molecule has 54 valence electrons. The number of methoxy groups -OCH3 is 1. The fourth-order valence-corrected chi connectivity index (χ4v) is 0.779. The first-order valence-electron chi connectivity index (χ1n) is 2.45. The van der Waals surface area contributed by atoms with E-state index in [-0.39, 0.29) is 0 Å². The third-order valence-corrected chi connectivity index (χ3v) is 1.35. The lowest BCUT2D eigenvalue weighted by Gasteiger charge is -1.95. The number of anilines is 1. The van der Waals surface area contributed by atoms with Crippen molar-refractivity contribution >= 4 is 22.6 Å². The summed E-state index contributed by atoms with van der Waals surface area (Å²) in [5.74, 6) is 0. The van der Waals surface area contributed by atoms with Gasteiger partial charge in [0.15, 0.2) is 0 Å². The molecule has 0 aliphatic heterocycles. The van der Waals surface area contributed by atoms with Crippen molar-refractivity contribution in [2.45, 2.75) is 0 Å². The Hall–Kier alpha value is -1.17. The quantitative estimate of drug-likeness (QED) is 0.655. The molecular weight excluding hydrogens is 154 g/mol. The summed E-state index contributed by atoms with van der Waals surface area (Å²) >= 11 is 1.09. The van der Waals surface area contributed by atoms with Gasteiger partial charge in [-0.05, 0) is 0 Å². The lowest BCUT2D eigenvalue weighted by atomic mass is 10.8. The third kappa shape index (κ3) is 1.66. The first-order valence-corrected chi connectivity index (χ1v) is 3.22. The predicted molar refractivity (Wildman–Crippen MR) is 35.9 cm³/mol. The van der Waals surface area contributed by atoms with Crippen LogP contribution < -0.4 is 5.32 Å². The van der Waals surface area contributed by atoms with Crippen LogP contribution in [-0.2, 0) is 4.74 Å². The van der Waals surface area contributed by atoms with Crippen molar-refractivity contribution < 1.29 is 9.53 Å². The van der Waals surface area contributed by atoms with E-state index in [1.54, 1.807) is 0 Å². The summed E-state index contributed by atoms with van der Waals surface area (Å²) in [6.45, 7) is 0. The van der Waals surface area contributed by atoms with E-state index in [9.17, 15) is 4.79 Å². The van der Waals surface area contributed by atoms with Gasteiger partial charge in [0.25, 0.3) is 0 Å². The molecular formula is C4H5N3O2S. The lowest BCUT2D eigenvalue weighted by molar-refractivity contribution is 0.187. The minimum atomic E-state index is -0.508. The SMILES string of the molecule is COC(=O)Nc1cnns1. The normalized spacial score (nSPS) is 8.90. The van der Waals surface area contributed by atoms with Crippen LogP contribution in [0.4, 0.5) is 9.80 Å². The van der Waals surface area contributed by atoms with Crippen molar-refractivity contribution in [1.82, 2.24) is 9.59 Å². The zero-order valence-electron chi connectivity index (χ0n) is 5.20. The number of nitrogens with zero attached hydrogens (tertiary/aromatic N) is 2. The van der Waals surface area contributed by atoms with Crippen molar-refractivity contribution in [2.75, 3.05) is 12.4 Å². The highest BCUT2D eigenvalue weighted by atomic mass is 32.1. The predicted octanol–water partition coefficient (Wildman–Crippen LogP) is 0.716. The molecule has 0 saturated carbocycles. The number of amides is 1. The second-order valence-corrected chi connectivity index (χ2v) is 2.18. The largest absolute Gasteiger partial charge is 0.453 e. The van der Waals surface area contributed by atoms with E-state index >= 15 is 0 Å². The van der Waals surface area contributed by atoms with Gasteiger partial charge in [-0.1, -0.05) is 4.49 Å². The summed E-state index contributed by atoms with van der Waals surface area (Å²) in [4.78, 5) is 10.5. The molecule has 1 N–H and O–H groups in total. The lowest BCUT2D eigenvalue weighted by Crippen LogP contribution is -2.09. The number of rotatable bonds is 1. The Bertz CT molecular complexity index is 210. The van der Waals surface area contributed by atoms with E-state index in [0.29, 0.717) is 5.00 Å². The van der Waals surface area contributed by atoms with Gasteiger partial charge in [-0.25, -0.2) is 4.79 Å². The Morgan fingerprint density at radius 1 is 1.90 bits per heavy atom. The van der Waals surface area contributed by atoms with Gasteiger partial charge in [-0.3, -0.25) is 5.32 Å². The standard InChI is InChI=1S/C4H5N3O2S/c1-9-4(8)6-3-2-5-7-10-3/h2H,1H3,(H,6,8). The Morgan fingerprint density at radius 2 is 2.70 bits per heavy atom. The molecule has 0 spiro atoms. The summed E-state index contributed by atoms with van der Waals surface area (Å²) in [5.41, 5.74) is 0. The van der Waals surface area contributed by atoms with Crippen LogP contribution >= 0.6 is 11.5 Å². The Kier molecular flexibility index (Phi) is 2.16. The Morgan fingerprint density at radius 3 is 3.20 bits per heavy atom. The molecule has 1 aromatic rings. The van der Waals surface area contributed by atoms with Crippen LogP contribution in [0.2, 0.25) is 0 Å². The average Bonchev–Trinajstić information content (AvgIpc) is 2.40. The summed E-state index contributed by atoms with van der Waals surface area (Å²) in [7, 11) is 1.30. The van der Waals surface area contributed by atoms with Gasteiger partial charge in [0.2, 0.25) is 0 Å². The number of hydrogen-bond acceptors (Lipinski definition) is 5. The Balaban J connectivity index is 2.48. The number of carbonyl (C=O) groups excluding carboxylic acids is 1. The number of hydrogen-bond donors (Lipinski definition) is 1. The minimum Gasteiger partial charge on any atom is -0.453 e. The Labute approximate surface area is 61.2 Å². The number of aromatic nitrogens is 2. The maximum atomic E-state index is 10.5. The van der Waals surface area contributed by atoms with Crippen molar-refractivity contribution in [3.8, 4) is 0 Å². The van der Waals surface area contributed by atoms with Crippen molar-refractivity contribution in [1.29, 1.82) is 0 Å². The number of ether oxygens (including phenoxy) is 1. The maximum Gasteiger partial charge on any atom is 0.412 e. The van der Waals surface area contributed by atoms with E-state index in [1.807, 2.05) is 0 Å². The topological polar surface area (TPSA) is 64.1 Å². The van der Waals surface area contributed by atoms with E-state index in [0.717, 1.165) is 11.5 Å². The molecule has 1 heterocycles. The van der Waals surface area contributed by atoms with Crippen LogP contribution in [0, 0.1) is 0 Å². The van der Waals surface area contributed by atoms with Crippen LogP contribution in [0.15, 0.2) is 6.20 Å². The third-order valence-electron chi connectivity index (χ3n) is 0.772. The molecule has 0 aliphatic rings. The highest BCUT2D eigenvalue weighted by Gasteiger charge is 2.00. The second kappa shape index (κ2) is 3.11. The molecule has 1 rings (SSSR count). The smallest absolute Gasteiger partial charge is 0.412 e. The molecule has 6 heteroatoms. The average molecular weight is 159 g/mol. The molecule has 0 radical (unpaired) electrons. The monoisotopic (exact) mass is 159 g/mol. The molecule has 0 unspecified atom stereocenters. The van der Waals surface area contributed by atoms with Gasteiger partial charge in [-0.15, -0.1) is 5.10 Å². The molecule has 10 heavy (non-hydrogen) atoms. The molecule has 0 aromatic carbocycles. The zero-order chi connectivity index (χ0) is 7.40. The fraction of sp³-hybridized carbons (Fsp3) is 0.250. The molecule has 0 atom stereocenters. The van der Waals surface area contributed by atoms with Gasteiger partial charge in [-0.2, -0.15) is 0 Å². The summed E-state index contributed by atoms with van der Waals surface area (Å²) < 4.78 is 7.86. The zero-order valence-corrected chi connectivity index (χ0v) is 6.01. The van der Waals surface area contributed by atoms with Crippen molar-refractivity contribution in [3.63, 3.8) is 0 Å². The van der Waals surface area contributed by atoms with Gasteiger partial charge in [0.1, 0.15) is 5.00 Å². The molecule has 1 aromatic heterocycles. The van der Waals surface area contributed by atoms with Crippen LogP contribution in [0.3, 0.4) is 0 Å². The van der Waals surface area contributed by atoms with E-state index in [4.69, 9.17) is 0 Å². The fourth-order valence-electron chi connectivity index (χ4n) is 0.374. The first kappa shape index (κ1) is 6.94. The summed E-state index contributed by atoms with van der Waals surface area (Å²) in [6.07, 6.45) is 0.938. The van der Waals surface area contributed by atoms with Crippen molar-refractivity contribution in [2.24, 2.45) is 0 Å². The summed E-state index contributed by atoms with van der Waals surface area (Å²) in [5, 5.41) is 6.49. The maximum absolute atomic E-state index is 10.5. The van der Waals surface area contributed by atoms with E-state index in [2.05, 4.69) is 19.6 Å². The molecule has 0 aliphatic carbocycles. The minimum absolute atomic E-state index is 0.508. The highest BCUT2D eigenvalue weighted by Crippen LogP contribution is 2.08. The second-order valence-electron chi connectivity index (χ2n) is 1.40. The van der Waals surface area contributed by atoms with Crippen molar-refractivity contribution in [3.05, 3.63) is 6.20 Å². The molecule has 0 bridgehead atoms. The number of carbonyl (C=O) groups is 1. The van der Waals surface area contributed by atoms with Gasteiger partial charge >= 0.3 is 6.09 Å². The van der Waals surface area contributed by atoms with E-state index in [1.165, 1.54) is 13.3 Å². The van der Waals surface area contributed by atoms with Gasteiger partial charge < -0.3 is 4.74 Å². The van der Waals surface area contributed by atoms with E-state index < -0.39 is 6.09 Å².